The van der Waals surface area contributed by atoms with Gasteiger partial charge in [-0.3, -0.25) is 0 Å². The van der Waals surface area contributed by atoms with Crippen LogP contribution >= 0.6 is 0 Å². The Morgan fingerprint density at radius 3 is 2.26 bits per heavy atom. The second-order valence-corrected chi connectivity index (χ2v) is 16.7. The molecule has 0 fully saturated rings. The standard InChI is InChI=1S/C35H46O2Si/c1-7-36-32-18-14-30(15-19-32)35(4,29-12-9-8-10-13-29)31-16-20-33(21-17-31)37-22-11-23-38(5,6)34-25-27(2)24-28(3)26-34/h8-10,12-16,18,20-21,24-26,31-32H,7,11,17,19,22-23H2,1-6H3. The SMILES string of the molecule is CCOC1C=CC(C(C)(c2ccccc2)C2C=CC(OCCC[Si](C)(C)c3cc(C)cc(C)c3)=CC2)=CC1. The normalized spacial score (nSPS) is 21.0. The molecule has 38 heavy (non-hydrogen) atoms. The van der Waals surface area contributed by atoms with Gasteiger partial charge in [-0.1, -0.05) is 115 Å². The second-order valence-electron chi connectivity index (χ2n) is 11.8. The molecule has 0 saturated carbocycles. The third-order valence-corrected chi connectivity index (χ3v) is 11.9. The second kappa shape index (κ2) is 12.5. The maximum absolute atomic E-state index is 6.27. The zero-order valence-electron chi connectivity index (χ0n) is 24.3. The summed E-state index contributed by atoms with van der Waals surface area (Å²) in [5.41, 5.74) is 5.39. The first kappa shape index (κ1) is 28.4. The molecule has 0 radical (unpaired) electrons. The van der Waals surface area contributed by atoms with Crippen molar-refractivity contribution in [3.8, 4) is 0 Å². The van der Waals surface area contributed by atoms with Gasteiger partial charge in [0.15, 0.2) is 0 Å². The molecule has 3 unspecified atom stereocenters. The molecule has 0 N–H and O–H groups in total. The minimum absolute atomic E-state index is 0.102. The number of hydrogen-bond acceptors (Lipinski definition) is 2. The van der Waals surface area contributed by atoms with Gasteiger partial charge in [0.05, 0.1) is 20.8 Å². The maximum Gasteiger partial charge on any atom is 0.115 e. The first-order chi connectivity index (χ1) is 18.2. The molecule has 202 valence electrons. The predicted octanol–water partition coefficient (Wildman–Crippen LogP) is 8.33. The molecule has 3 heteroatoms. The predicted molar refractivity (Wildman–Crippen MR) is 165 cm³/mol. The van der Waals surface area contributed by atoms with E-state index >= 15 is 0 Å². The summed E-state index contributed by atoms with van der Waals surface area (Å²) in [6.07, 6.45) is 17.0. The molecule has 0 aliphatic heterocycles. The average molecular weight is 527 g/mol. The molecule has 2 nitrogen and oxygen atoms in total. The van der Waals surface area contributed by atoms with Gasteiger partial charge in [0, 0.05) is 12.0 Å². The molecule has 2 aliphatic carbocycles. The molecule has 0 spiro atoms. The van der Waals surface area contributed by atoms with Crippen molar-refractivity contribution in [3.63, 3.8) is 0 Å². The van der Waals surface area contributed by atoms with E-state index in [0.717, 1.165) is 38.2 Å². The number of benzene rings is 2. The van der Waals surface area contributed by atoms with Gasteiger partial charge in [-0.05, 0) is 69.2 Å². The Labute approximate surface area is 232 Å². The minimum atomic E-state index is -1.47. The largest absolute Gasteiger partial charge is 0.494 e. The van der Waals surface area contributed by atoms with E-state index in [4.69, 9.17) is 9.47 Å². The molecule has 2 aliphatic rings. The van der Waals surface area contributed by atoms with Crippen LogP contribution in [-0.2, 0) is 14.9 Å². The number of allylic oxidation sites excluding steroid dienone is 5. The van der Waals surface area contributed by atoms with Crippen molar-refractivity contribution >= 4 is 13.3 Å². The van der Waals surface area contributed by atoms with E-state index in [9.17, 15) is 0 Å². The van der Waals surface area contributed by atoms with Crippen molar-refractivity contribution in [2.24, 2.45) is 5.92 Å². The zero-order chi connectivity index (χ0) is 27.2. The van der Waals surface area contributed by atoms with E-state index in [2.05, 4.69) is 126 Å². The quantitative estimate of drug-likeness (QED) is 0.216. The molecule has 0 bridgehead atoms. The zero-order valence-corrected chi connectivity index (χ0v) is 25.3. The van der Waals surface area contributed by atoms with E-state index in [-0.39, 0.29) is 11.5 Å². The lowest BCUT2D eigenvalue weighted by atomic mass is 9.64. The first-order valence-corrected chi connectivity index (χ1v) is 17.6. The molecule has 2 aromatic carbocycles. The molecular weight excluding hydrogens is 480 g/mol. The topological polar surface area (TPSA) is 18.5 Å². The van der Waals surface area contributed by atoms with Gasteiger partial charge in [-0.25, -0.2) is 0 Å². The summed E-state index contributed by atoms with van der Waals surface area (Å²) in [5.74, 6) is 1.39. The summed E-state index contributed by atoms with van der Waals surface area (Å²) in [7, 11) is -1.47. The molecule has 0 amide bonds. The Hall–Kier alpha value is -2.62. The van der Waals surface area contributed by atoms with E-state index < -0.39 is 8.07 Å². The van der Waals surface area contributed by atoms with E-state index in [1.807, 2.05) is 0 Å². The summed E-state index contributed by atoms with van der Waals surface area (Å²) >= 11 is 0. The Kier molecular flexibility index (Phi) is 9.33. The lowest BCUT2D eigenvalue weighted by Crippen LogP contribution is -2.41. The smallest absolute Gasteiger partial charge is 0.115 e. The van der Waals surface area contributed by atoms with Crippen molar-refractivity contribution in [1.82, 2.24) is 0 Å². The average Bonchev–Trinajstić information content (AvgIpc) is 2.91. The summed E-state index contributed by atoms with van der Waals surface area (Å²) in [6, 6.07) is 19.3. The van der Waals surface area contributed by atoms with Crippen LogP contribution in [0.3, 0.4) is 0 Å². The van der Waals surface area contributed by atoms with Crippen molar-refractivity contribution < 1.29 is 9.47 Å². The van der Waals surface area contributed by atoms with Crippen LogP contribution in [0.5, 0.6) is 0 Å². The van der Waals surface area contributed by atoms with E-state index in [1.165, 1.54) is 28.3 Å². The summed E-state index contributed by atoms with van der Waals surface area (Å²) in [5, 5.41) is 1.56. The fourth-order valence-corrected chi connectivity index (χ4v) is 8.61. The fraction of sp³-hybridized carbons (Fsp3) is 0.429. The van der Waals surface area contributed by atoms with Crippen LogP contribution in [0.15, 0.2) is 96.3 Å². The third kappa shape index (κ3) is 6.68. The highest BCUT2D eigenvalue weighted by atomic mass is 28.3. The van der Waals surface area contributed by atoms with Gasteiger partial charge >= 0.3 is 0 Å². The molecule has 0 saturated heterocycles. The van der Waals surface area contributed by atoms with Crippen molar-refractivity contribution in [1.29, 1.82) is 0 Å². The highest BCUT2D eigenvalue weighted by molar-refractivity contribution is 6.89. The van der Waals surface area contributed by atoms with Crippen LogP contribution in [0.1, 0.15) is 49.8 Å². The Balaban J connectivity index is 1.38. The van der Waals surface area contributed by atoms with E-state index in [1.54, 1.807) is 5.19 Å². The first-order valence-electron chi connectivity index (χ1n) is 14.4. The number of hydrogen-bond donors (Lipinski definition) is 0. The highest BCUT2D eigenvalue weighted by Crippen LogP contribution is 2.45. The van der Waals surface area contributed by atoms with Gasteiger partial charge in [0.2, 0.25) is 0 Å². The number of rotatable bonds is 11. The van der Waals surface area contributed by atoms with Crippen molar-refractivity contribution in [3.05, 3.63) is 113 Å². The van der Waals surface area contributed by atoms with Gasteiger partial charge in [-0.15, -0.1) is 0 Å². The lowest BCUT2D eigenvalue weighted by Gasteiger charge is -2.40. The van der Waals surface area contributed by atoms with Crippen LogP contribution < -0.4 is 5.19 Å². The minimum Gasteiger partial charge on any atom is -0.494 e. The number of ether oxygens (including phenoxy) is 2. The Bertz CT molecular complexity index is 1180. The number of aryl methyl sites for hydroxylation is 2. The monoisotopic (exact) mass is 526 g/mol. The van der Waals surface area contributed by atoms with Gasteiger partial charge in [0.1, 0.15) is 5.76 Å². The van der Waals surface area contributed by atoms with Crippen LogP contribution in [0, 0.1) is 19.8 Å². The summed E-state index contributed by atoms with van der Waals surface area (Å²) in [6.45, 7) is 15.4. The fourth-order valence-electron chi connectivity index (χ4n) is 6.05. The summed E-state index contributed by atoms with van der Waals surface area (Å²) < 4.78 is 12.1. The molecule has 0 heterocycles. The summed E-state index contributed by atoms with van der Waals surface area (Å²) in [4.78, 5) is 0. The van der Waals surface area contributed by atoms with Crippen molar-refractivity contribution in [2.45, 2.75) is 77.6 Å². The highest BCUT2D eigenvalue weighted by Gasteiger charge is 2.38. The van der Waals surface area contributed by atoms with Gasteiger partial charge in [-0.2, -0.15) is 0 Å². The van der Waals surface area contributed by atoms with Crippen LogP contribution in [0.4, 0.5) is 0 Å². The molecule has 2 aromatic rings. The van der Waals surface area contributed by atoms with Gasteiger partial charge in [0.25, 0.3) is 0 Å². The van der Waals surface area contributed by atoms with Crippen LogP contribution in [-0.4, -0.2) is 27.4 Å². The molecule has 4 rings (SSSR count). The Morgan fingerprint density at radius 2 is 1.66 bits per heavy atom. The van der Waals surface area contributed by atoms with Crippen LogP contribution in [0.25, 0.3) is 0 Å². The lowest BCUT2D eigenvalue weighted by molar-refractivity contribution is 0.0971. The van der Waals surface area contributed by atoms with Crippen molar-refractivity contribution in [2.75, 3.05) is 13.2 Å². The molecule has 3 atom stereocenters. The molecular formula is C35H46O2Si. The third-order valence-electron chi connectivity index (χ3n) is 8.44. The molecule has 0 aromatic heterocycles. The van der Waals surface area contributed by atoms with Crippen LogP contribution in [0.2, 0.25) is 19.1 Å². The Morgan fingerprint density at radius 1 is 0.921 bits per heavy atom. The van der Waals surface area contributed by atoms with Gasteiger partial charge < -0.3 is 9.47 Å². The van der Waals surface area contributed by atoms with E-state index in [0.29, 0.717) is 5.92 Å². The maximum atomic E-state index is 6.27.